The minimum Gasteiger partial charge on any atom is -0.444 e. The molecule has 0 aliphatic carbocycles. The molecule has 1 N–H and O–H groups in total. The van der Waals surface area contributed by atoms with E-state index in [4.69, 9.17) is 4.74 Å². The summed E-state index contributed by atoms with van der Waals surface area (Å²) in [6.07, 6.45) is -5.44. The van der Waals surface area contributed by atoms with Crippen molar-refractivity contribution in [3.05, 3.63) is 27.4 Å². The maximum absolute atomic E-state index is 12.6. The fourth-order valence-electron chi connectivity index (χ4n) is 1.86. The Bertz CT molecular complexity index is 631. The Hall–Kier alpha value is -2.06. The molecule has 1 aromatic rings. The summed E-state index contributed by atoms with van der Waals surface area (Å²) < 4.78 is 42.8. The third kappa shape index (κ3) is 3.34. The highest BCUT2D eigenvalue weighted by atomic mass is 19.4. The summed E-state index contributed by atoms with van der Waals surface area (Å²) in [5.41, 5.74) is -1.63. The maximum Gasteiger partial charge on any atom is 0.449 e. The highest BCUT2D eigenvalue weighted by Crippen LogP contribution is 2.27. The molecule has 0 unspecified atom stereocenters. The first-order valence-corrected chi connectivity index (χ1v) is 6.14. The summed E-state index contributed by atoms with van der Waals surface area (Å²) >= 11 is 0. The molecule has 1 aliphatic heterocycles. The van der Waals surface area contributed by atoms with E-state index in [2.05, 4.69) is 4.98 Å². The lowest BCUT2D eigenvalue weighted by Gasteiger charge is -2.23. The lowest BCUT2D eigenvalue weighted by molar-refractivity contribution is -0.145. The number of halogens is 3. The second-order valence-corrected chi connectivity index (χ2v) is 5.67. The Morgan fingerprint density at radius 2 is 1.90 bits per heavy atom. The fraction of sp³-hybridized carbons (Fsp3) is 0.583. The molecule has 2 rings (SSSR count). The molecule has 0 fully saturated rings. The number of aromatic nitrogens is 2. The summed E-state index contributed by atoms with van der Waals surface area (Å²) in [7, 11) is 0. The van der Waals surface area contributed by atoms with Crippen molar-refractivity contribution in [2.45, 2.75) is 45.6 Å². The topological polar surface area (TPSA) is 75.3 Å². The van der Waals surface area contributed by atoms with Crippen LogP contribution in [-0.2, 0) is 24.0 Å². The van der Waals surface area contributed by atoms with Crippen molar-refractivity contribution < 1.29 is 22.7 Å². The van der Waals surface area contributed by atoms with Crippen LogP contribution >= 0.6 is 0 Å². The lowest BCUT2D eigenvalue weighted by atomic mass is 10.2. The van der Waals surface area contributed by atoms with Crippen LogP contribution < -0.4 is 5.56 Å². The largest absolute Gasteiger partial charge is 0.449 e. The van der Waals surface area contributed by atoms with E-state index in [1.54, 1.807) is 25.8 Å². The summed E-state index contributed by atoms with van der Waals surface area (Å²) in [6, 6.07) is 0. The normalized spacial score (nSPS) is 15.0. The first kappa shape index (κ1) is 15.3. The van der Waals surface area contributed by atoms with Gasteiger partial charge in [-0.15, -0.1) is 0 Å². The van der Waals surface area contributed by atoms with Gasteiger partial charge in [0.1, 0.15) is 5.60 Å². The molecule has 0 atom stereocenters. The Labute approximate surface area is 117 Å². The minimum atomic E-state index is -4.74. The fourth-order valence-corrected chi connectivity index (χ4v) is 1.86. The van der Waals surface area contributed by atoms with Crippen LogP contribution in [0.1, 0.15) is 37.9 Å². The predicted molar refractivity (Wildman–Crippen MR) is 65.3 cm³/mol. The molecule has 2 heterocycles. The third-order valence-electron chi connectivity index (χ3n) is 2.71. The number of ether oxygens (including phenoxy) is 1. The van der Waals surface area contributed by atoms with Gasteiger partial charge in [0, 0.05) is 0 Å². The van der Waals surface area contributed by atoms with Crippen molar-refractivity contribution in [1.82, 2.24) is 14.9 Å². The Morgan fingerprint density at radius 3 is 2.43 bits per heavy atom. The van der Waals surface area contributed by atoms with Gasteiger partial charge in [0.15, 0.2) is 0 Å². The maximum atomic E-state index is 12.6. The van der Waals surface area contributed by atoms with Crippen LogP contribution in [0.3, 0.4) is 0 Å². The van der Waals surface area contributed by atoms with Gasteiger partial charge in [-0.25, -0.2) is 9.78 Å². The molecule has 0 spiro atoms. The number of fused-ring (bicyclic) bond motifs is 1. The molecule has 0 aromatic carbocycles. The van der Waals surface area contributed by atoms with Crippen molar-refractivity contribution in [2.75, 3.05) is 0 Å². The quantitative estimate of drug-likeness (QED) is 0.796. The van der Waals surface area contributed by atoms with Crippen LogP contribution in [0.2, 0.25) is 0 Å². The number of hydrogen-bond donors (Lipinski definition) is 1. The Balaban J connectivity index is 2.25. The van der Waals surface area contributed by atoms with Crippen LogP contribution in [0.5, 0.6) is 0 Å². The summed E-state index contributed by atoms with van der Waals surface area (Å²) in [4.78, 5) is 29.7. The Morgan fingerprint density at radius 1 is 1.29 bits per heavy atom. The highest BCUT2D eigenvalue weighted by molar-refractivity contribution is 5.69. The lowest BCUT2D eigenvalue weighted by Crippen LogP contribution is -2.33. The van der Waals surface area contributed by atoms with Crippen molar-refractivity contribution in [2.24, 2.45) is 0 Å². The standard InChI is InChI=1S/C12H14F3N3O3/c1-11(2,3)21-10(20)18-4-6-7(5-18)16-9(12(13,14)15)17-8(6)19/h4-5H2,1-3H3,(H,16,17,19). The van der Waals surface area contributed by atoms with Crippen LogP contribution in [0.4, 0.5) is 18.0 Å². The molecule has 9 heteroatoms. The molecule has 6 nitrogen and oxygen atoms in total. The van der Waals surface area contributed by atoms with E-state index >= 15 is 0 Å². The van der Waals surface area contributed by atoms with E-state index < -0.39 is 29.3 Å². The summed E-state index contributed by atoms with van der Waals surface area (Å²) in [6.45, 7) is 4.70. The first-order valence-electron chi connectivity index (χ1n) is 6.14. The minimum absolute atomic E-state index is 0.0499. The molecule has 1 amide bonds. The SMILES string of the molecule is CC(C)(C)OC(=O)N1Cc2nc(C(F)(F)F)[nH]c(=O)c2C1. The molecule has 0 saturated heterocycles. The van der Waals surface area contributed by atoms with E-state index in [1.165, 1.54) is 0 Å². The summed E-state index contributed by atoms with van der Waals surface area (Å²) in [5, 5.41) is 0. The number of aromatic amines is 1. The van der Waals surface area contributed by atoms with Gasteiger partial charge in [-0.2, -0.15) is 13.2 Å². The molecule has 21 heavy (non-hydrogen) atoms. The number of hydrogen-bond acceptors (Lipinski definition) is 4. The third-order valence-corrected chi connectivity index (χ3v) is 2.71. The van der Waals surface area contributed by atoms with Crippen LogP contribution in [0.15, 0.2) is 4.79 Å². The number of alkyl halides is 3. The average molecular weight is 305 g/mol. The zero-order valence-electron chi connectivity index (χ0n) is 11.7. The average Bonchev–Trinajstić information content (AvgIpc) is 2.69. The van der Waals surface area contributed by atoms with E-state index in [1.807, 2.05) is 0 Å². The molecular formula is C12H14F3N3O3. The van der Waals surface area contributed by atoms with E-state index in [0.29, 0.717) is 0 Å². The van der Waals surface area contributed by atoms with Crippen molar-refractivity contribution in [1.29, 1.82) is 0 Å². The number of H-pyrrole nitrogens is 1. The van der Waals surface area contributed by atoms with Gasteiger partial charge in [0.05, 0.1) is 24.3 Å². The van der Waals surface area contributed by atoms with Crippen LogP contribution in [0.25, 0.3) is 0 Å². The predicted octanol–water partition coefficient (Wildman–Crippen LogP) is 2.04. The zero-order chi connectivity index (χ0) is 16.0. The summed E-state index contributed by atoms with van der Waals surface area (Å²) in [5.74, 6) is -1.36. The van der Waals surface area contributed by atoms with E-state index in [-0.39, 0.29) is 24.3 Å². The number of amides is 1. The molecule has 116 valence electrons. The van der Waals surface area contributed by atoms with Gasteiger partial charge in [-0.1, -0.05) is 0 Å². The molecule has 1 aliphatic rings. The van der Waals surface area contributed by atoms with Crippen molar-refractivity contribution in [3.63, 3.8) is 0 Å². The Kier molecular flexibility index (Phi) is 3.46. The second kappa shape index (κ2) is 4.74. The zero-order valence-corrected chi connectivity index (χ0v) is 11.7. The molecule has 1 aromatic heterocycles. The van der Waals surface area contributed by atoms with Gasteiger partial charge in [-0.3, -0.25) is 9.69 Å². The first-order chi connectivity index (χ1) is 9.47. The molecule has 0 radical (unpaired) electrons. The smallest absolute Gasteiger partial charge is 0.444 e. The van der Waals surface area contributed by atoms with Gasteiger partial charge >= 0.3 is 12.3 Å². The number of carbonyl (C=O) groups is 1. The van der Waals surface area contributed by atoms with Crippen molar-refractivity contribution >= 4 is 6.09 Å². The molecule has 0 saturated carbocycles. The number of rotatable bonds is 0. The highest BCUT2D eigenvalue weighted by Gasteiger charge is 2.37. The van der Waals surface area contributed by atoms with E-state index in [0.717, 1.165) is 4.90 Å². The number of nitrogens with one attached hydrogen (secondary N) is 1. The van der Waals surface area contributed by atoms with Crippen LogP contribution in [-0.4, -0.2) is 26.6 Å². The van der Waals surface area contributed by atoms with Gasteiger partial charge in [0.2, 0.25) is 5.82 Å². The van der Waals surface area contributed by atoms with Crippen LogP contribution in [0, 0.1) is 0 Å². The molecule has 0 bridgehead atoms. The second-order valence-electron chi connectivity index (χ2n) is 5.67. The van der Waals surface area contributed by atoms with Gasteiger partial charge < -0.3 is 9.72 Å². The van der Waals surface area contributed by atoms with Gasteiger partial charge in [-0.05, 0) is 20.8 Å². The van der Waals surface area contributed by atoms with Gasteiger partial charge in [0.25, 0.3) is 5.56 Å². The monoisotopic (exact) mass is 305 g/mol. The number of nitrogens with zero attached hydrogens (tertiary/aromatic N) is 2. The van der Waals surface area contributed by atoms with E-state index in [9.17, 15) is 22.8 Å². The van der Waals surface area contributed by atoms with Crippen molar-refractivity contribution in [3.8, 4) is 0 Å². The molecular weight excluding hydrogens is 291 g/mol. The number of carbonyl (C=O) groups excluding carboxylic acids is 1.